The molecule has 0 spiro atoms. The van der Waals surface area contributed by atoms with Gasteiger partial charge in [0, 0.05) is 12.0 Å². The molecule has 1 unspecified atom stereocenters. The molecule has 1 aliphatic rings. The molecule has 0 bridgehead atoms. The van der Waals surface area contributed by atoms with Crippen molar-refractivity contribution in [1.82, 2.24) is 0 Å². The van der Waals surface area contributed by atoms with Gasteiger partial charge in [0.15, 0.2) is 0 Å². The molecule has 0 N–H and O–H groups in total. The van der Waals surface area contributed by atoms with Gasteiger partial charge < -0.3 is 9.47 Å². The van der Waals surface area contributed by atoms with Crippen molar-refractivity contribution in [2.75, 3.05) is 0 Å². The molecule has 0 saturated carbocycles. The molecule has 6 radical (unpaired) electrons. The quantitative estimate of drug-likeness (QED) is 0.768. The molecule has 2 rings (SSSR count). The molecule has 0 aliphatic carbocycles. The lowest BCUT2D eigenvalue weighted by Gasteiger charge is -2.24. The van der Waals surface area contributed by atoms with Crippen molar-refractivity contribution >= 4 is 40.9 Å². The highest BCUT2D eigenvalue weighted by molar-refractivity contribution is 6.58. The van der Waals surface area contributed by atoms with Crippen LogP contribution >= 0.6 is 11.6 Å². The zero-order valence-electron chi connectivity index (χ0n) is 10.0. The van der Waals surface area contributed by atoms with Gasteiger partial charge in [-0.15, -0.1) is 0 Å². The zero-order chi connectivity index (χ0) is 13.3. The Labute approximate surface area is 116 Å². The molecule has 1 heterocycles. The van der Waals surface area contributed by atoms with Gasteiger partial charge in [-0.2, -0.15) is 0 Å². The van der Waals surface area contributed by atoms with Crippen molar-refractivity contribution in [3.8, 4) is 5.75 Å². The van der Waals surface area contributed by atoms with Crippen LogP contribution in [0.1, 0.15) is 18.9 Å². The fourth-order valence-corrected chi connectivity index (χ4v) is 1.92. The third-order valence-electron chi connectivity index (χ3n) is 2.47. The minimum absolute atomic E-state index is 0.194. The van der Waals surface area contributed by atoms with Crippen LogP contribution in [0.2, 0.25) is 5.02 Å². The van der Waals surface area contributed by atoms with Crippen LogP contribution < -0.4 is 4.74 Å². The summed E-state index contributed by atoms with van der Waals surface area (Å²) in [5, 5.41) is -1.37. The number of hydrogen-bond acceptors (Lipinski definition) is 2. The first-order chi connectivity index (χ1) is 8.35. The van der Waals surface area contributed by atoms with Crippen molar-refractivity contribution < 1.29 is 9.47 Å². The lowest BCUT2D eigenvalue weighted by Crippen LogP contribution is -2.37. The number of halogens is 1. The molecule has 0 fully saturated rings. The van der Waals surface area contributed by atoms with Gasteiger partial charge in [0.1, 0.15) is 35.0 Å². The van der Waals surface area contributed by atoms with E-state index in [1.165, 1.54) is 0 Å². The SMILES string of the molecule is [B]C([B])([B])Oc1ccc(C2=CCC(C)O2)cc1Cl. The number of hydrogen-bond donors (Lipinski definition) is 0. The van der Waals surface area contributed by atoms with Gasteiger partial charge in [-0.05, 0) is 36.5 Å². The van der Waals surface area contributed by atoms with Crippen molar-refractivity contribution in [3.63, 3.8) is 0 Å². The van der Waals surface area contributed by atoms with Gasteiger partial charge in [0.25, 0.3) is 0 Å². The largest absolute Gasteiger partial charge is 0.514 e. The summed E-state index contributed by atoms with van der Waals surface area (Å²) in [4.78, 5) is 0. The molecule has 1 aliphatic heterocycles. The Kier molecular flexibility index (Phi) is 3.72. The second-order valence-corrected chi connectivity index (χ2v) is 4.74. The third kappa shape index (κ3) is 3.29. The van der Waals surface area contributed by atoms with Crippen LogP contribution in [0.15, 0.2) is 24.3 Å². The van der Waals surface area contributed by atoms with Crippen LogP contribution in [0.25, 0.3) is 5.76 Å². The van der Waals surface area contributed by atoms with Gasteiger partial charge in [-0.1, -0.05) is 11.6 Å². The smallest absolute Gasteiger partial charge is 0.135 e. The van der Waals surface area contributed by atoms with E-state index in [0.717, 1.165) is 17.7 Å². The van der Waals surface area contributed by atoms with Crippen molar-refractivity contribution in [1.29, 1.82) is 0 Å². The van der Waals surface area contributed by atoms with Crippen LogP contribution in [0.5, 0.6) is 5.75 Å². The van der Waals surface area contributed by atoms with Gasteiger partial charge in [-0.3, -0.25) is 0 Å². The highest BCUT2D eigenvalue weighted by atomic mass is 35.5. The van der Waals surface area contributed by atoms with Crippen LogP contribution in [0.4, 0.5) is 0 Å². The van der Waals surface area contributed by atoms with E-state index in [-0.39, 0.29) is 6.10 Å². The predicted octanol–water partition coefficient (Wildman–Crippen LogP) is 1.99. The van der Waals surface area contributed by atoms with E-state index in [1.807, 2.05) is 19.1 Å². The first-order valence-electron chi connectivity index (χ1n) is 5.57. The van der Waals surface area contributed by atoms with E-state index < -0.39 is 5.30 Å². The van der Waals surface area contributed by atoms with Crippen molar-refractivity contribution in [2.45, 2.75) is 24.7 Å². The maximum atomic E-state index is 6.08. The molecule has 0 amide bonds. The van der Waals surface area contributed by atoms with E-state index in [9.17, 15) is 0 Å². The van der Waals surface area contributed by atoms with Crippen molar-refractivity contribution in [3.05, 3.63) is 34.9 Å². The van der Waals surface area contributed by atoms with Crippen LogP contribution in [-0.4, -0.2) is 34.9 Å². The summed E-state index contributed by atoms with van der Waals surface area (Å²) in [5.41, 5.74) is 0.883. The van der Waals surface area contributed by atoms with E-state index in [1.54, 1.807) is 12.1 Å². The standard InChI is InChI=1S/C12H10B3ClO2/c1-7-2-4-10(17-7)8-3-5-11(9(16)6-8)18-12(13,14)15/h3-7H,2H2,1H3. The highest BCUT2D eigenvalue weighted by Gasteiger charge is 2.17. The Balaban J connectivity index is 2.20. The molecule has 1 aromatic rings. The van der Waals surface area contributed by atoms with Gasteiger partial charge in [0.2, 0.25) is 0 Å². The Hall–Kier alpha value is -0.955. The summed E-state index contributed by atoms with van der Waals surface area (Å²) < 4.78 is 10.7. The summed E-state index contributed by atoms with van der Waals surface area (Å²) in [6, 6.07) is 5.20. The average Bonchev–Trinajstić information content (AvgIpc) is 2.66. The van der Waals surface area contributed by atoms with Gasteiger partial charge in [0.05, 0.1) is 11.1 Å². The minimum Gasteiger partial charge on any atom is -0.514 e. The second-order valence-electron chi connectivity index (χ2n) is 4.33. The second kappa shape index (κ2) is 4.97. The fraction of sp³-hybridized carbons (Fsp3) is 0.333. The lowest BCUT2D eigenvalue weighted by atomic mass is 9.52. The van der Waals surface area contributed by atoms with E-state index in [2.05, 4.69) is 0 Å². The Morgan fingerprint density at radius 2 is 2.11 bits per heavy atom. The van der Waals surface area contributed by atoms with Crippen LogP contribution in [-0.2, 0) is 4.74 Å². The summed E-state index contributed by atoms with van der Waals surface area (Å²) >= 11 is 6.08. The van der Waals surface area contributed by atoms with Gasteiger partial charge >= 0.3 is 0 Å². The Morgan fingerprint density at radius 1 is 1.39 bits per heavy atom. The summed E-state index contributed by atoms with van der Waals surface area (Å²) in [6.07, 6.45) is 3.11. The van der Waals surface area contributed by atoms with Crippen LogP contribution in [0.3, 0.4) is 0 Å². The monoisotopic (exact) mass is 254 g/mol. The molecular weight excluding hydrogens is 244 g/mol. The highest BCUT2D eigenvalue weighted by Crippen LogP contribution is 2.32. The fourth-order valence-electron chi connectivity index (χ4n) is 1.70. The van der Waals surface area contributed by atoms with Gasteiger partial charge in [-0.25, -0.2) is 0 Å². The Morgan fingerprint density at radius 3 is 2.61 bits per heavy atom. The molecule has 0 aromatic heterocycles. The molecule has 2 nitrogen and oxygen atoms in total. The van der Waals surface area contributed by atoms with Crippen LogP contribution in [0, 0.1) is 0 Å². The lowest BCUT2D eigenvalue weighted by molar-refractivity contribution is 0.210. The summed E-state index contributed by atoms with van der Waals surface area (Å²) in [7, 11) is 16.1. The predicted molar refractivity (Wildman–Crippen MR) is 75.2 cm³/mol. The third-order valence-corrected chi connectivity index (χ3v) is 2.76. The van der Waals surface area contributed by atoms with Crippen molar-refractivity contribution in [2.24, 2.45) is 0 Å². The minimum atomic E-state index is -1.75. The number of rotatable bonds is 3. The molecular formula is C12H10B3ClO2. The molecule has 86 valence electrons. The molecule has 1 aromatic carbocycles. The Bertz CT molecular complexity index is 483. The maximum absolute atomic E-state index is 6.08. The number of benzene rings is 1. The van der Waals surface area contributed by atoms with E-state index >= 15 is 0 Å². The molecule has 1 atom stereocenters. The topological polar surface area (TPSA) is 18.5 Å². The number of ether oxygens (including phenoxy) is 2. The maximum Gasteiger partial charge on any atom is 0.135 e. The van der Waals surface area contributed by atoms with E-state index in [4.69, 9.17) is 44.6 Å². The summed E-state index contributed by atoms with van der Waals surface area (Å²) in [5.74, 6) is 1.15. The molecule has 0 saturated heterocycles. The molecule has 18 heavy (non-hydrogen) atoms. The molecule has 6 heteroatoms. The first kappa shape index (κ1) is 13.5. The average molecular weight is 254 g/mol. The zero-order valence-corrected chi connectivity index (χ0v) is 10.8. The van der Waals surface area contributed by atoms with E-state index in [0.29, 0.717) is 10.8 Å². The first-order valence-corrected chi connectivity index (χ1v) is 5.95. The summed E-state index contributed by atoms with van der Waals surface area (Å²) in [6.45, 7) is 2.01. The normalized spacial score (nSPS) is 19.2.